The number of rotatable bonds is 4. The minimum Gasteiger partial charge on any atom is -0.469 e. The molecule has 0 heterocycles. The summed E-state index contributed by atoms with van der Waals surface area (Å²) in [5, 5.41) is 0. The van der Waals surface area contributed by atoms with Gasteiger partial charge in [0.2, 0.25) is 0 Å². The second-order valence-electron chi connectivity index (χ2n) is 2.79. The molecule has 0 aromatic carbocycles. The number of hydrogen-bond acceptors (Lipinski definition) is 3. The van der Waals surface area contributed by atoms with Crippen LogP contribution in [0.2, 0.25) is 0 Å². The van der Waals surface area contributed by atoms with Crippen LogP contribution < -0.4 is 0 Å². The summed E-state index contributed by atoms with van der Waals surface area (Å²) in [7, 11) is 1.35. The first kappa shape index (κ1) is 10.1. The molecule has 11 heavy (non-hydrogen) atoms. The molecule has 1 unspecified atom stereocenters. The third-order valence-electron chi connectivity index (χ3n) is 1.38. The van der Waals surface area contributed by atoms with Crippen LogP contribution in [0.5, 0.6) is 0 Å². The molecule has 3 heteroatoms. The van der Waals surface area contributed by atoms with Crippen LogP contribution in [-0.4, -0.2) is 18.9 Å². The molecule has 0 aliphatic carbocycles. The summed E-state index contributed by atoms with van der Waals surface area (Å²) >= 11 is 0. The van der Waals surface area contributed by atoms with Crippen molar-refractivity contribution in [3.05, 3.63) is 0 Å². The van der Waals surface area contributed by atoms with Crippen LogP contribution in [0.4, 0.5) is 0 Å². The lowest BCUT2D eigenvalue weighted by Crippen LogP contribution is -2.09. The third kappa shape index (κ3) is 5.58. The zero-order chi connectivity index (χ0) is 8.85. The Labute approximate surface area is 66.7 Å². The summed E-state index contributed by atoms with van der Waals surface area (Å²) < 4.78 is 4.45. The van der Waals surface area contributed by atoms with E-state index in [4.69, 9.17) is 0 Å². The molecule has 3 nitrogen and oxygen atoms in total. The molecule has 0 bridgehead atoms. The topological polar surface area (TPSA) is 43.4 Å². The quantitative estimate of drug-likeness (QED) is 0.577. The van der Waals surface area contributed by atoms with E-state index in [1.807, 2.05) is 6.92 Å². The minimum atomic E-state index is -0.251. The fraction of sp³-hybridized carbons (Fsp3) is 0.750. The van der Waals surface area contributed by atoms with Gasteiger partial charge in [-0.3, -0.25) is 4.79 Å². The summed E-state index contributed by atoms with van der Waals surface area (Å²) in [5.74, 6) is -0.0416. The van der Waals surface area contributed by atoms with Gasteiger partial charge in [0.15, 0.2) is 0 Å². The zero-order valence-corrected chi connectivity index (χ0v) is 7.22. The van der Waals surface area contributed by atoms with Crippen LogP contribution in [0, 0.1) is 5.92 Å². The Morgan fingerprint density at radius 2 is 1.91 bits per heavy atom. The highest BCUT2D eigenvalue weighted by Crippen LogP contribution is 2.08. The van der Waals surface area contributed by atoms with Crippen LogP contribution in [0.25, 0.3) is 0 Å². The highest BCUT2D eigenvalue weighted by molar-refractivity contribution is 5.77. The fourth-order valence-corrected chi connectivity index (χ4v) is 0.931. The maximum Gasteiger partial charge on any atom is 0.305 e. The maximum atomic E-state index is 10.7. The van der Waals surface area contributed by atoms with Gasteiger partial charge < -0.3 is 9.53 Å². The first-order chi connectivity index (χ1) is 5.06. The van der Waals surface area contributed by atoms with Gasteiger partial charge in [0.1, 0.15) is 5.78 Å². The average molecular weight is 158 g/mol. The predicted octanol–water partition coefficient (Wildman–Crippen LogP) is 1.16. The normalized spacial score (nSPS) is 12.3. The van der Waals surface area contributed by atoms with E-state index >= 15 is 0 Å². The molecule has 0 fully saturated rings. The number of ketones is 1. The Morgan fingerprint density at radius 3 is 2.27 bits per heavy atom. The Bertz CT molecular complexity index is 151. The highest BCUT2D eigenvalue weighted by atomic mass is 16.5. The summed E-state index contributed by atoms with van der Waals surface area (Å²) in [5.41, 5.74) is 0. The van der Waals surface area contributed by atoms with Crippen LogP contribution in [-0.2, 0) is 14.3 Å². The standard InChI is InChI=1S/C8H14O3/c1-6(4-7(2)9)5-8(10)11-3/h6H,4-5H2,1-3H3. The summed E-state index contributed by atoms with van der Waals surface area (Å²) in [6, 6.07) is 0. The molecule has 0 saturated carbocycles. The fourth-order valence-electron chi connectivity index (χ4n) is 0.931. The van der Waals surface area contributed by atoms with Gasteiger partial charge in [0.05, 0.1) is 7.11 Å². The Morgan fingerprint density at radius 1 is 1.36 bits per heavy atom. The second kappa shape index (κ2) is 4.88. The lowest BCUT2D eigenvalue weighted by Gasteiger charge is -2.05. The Balaban J connectivity index is 3.60. The van der Waals surface area contributed by atoms with Gasteiger partial charge in [0.25, 0.3) is 0 Å². The molecule has 0 amide bonds. The van der Waals surface area contributed by atoms with E-state index < -0.39 is 0 Å². The lowest BCUT2D eigenvalue weighted by molar-refractivity contribution is -0.141. The van der Waals surface area contributed by atoms with Crippen molar-refractivity contribution >= 4 is 11.8 Å². The van der Waals surface area contributed by atoms with E-state index in [0.29, 0.717) is 12.8 Å². The first-order valence-electron chi connectivity index (χ1n) is 3.62. The number of Topliss-reactive ketones (excluding diaryl/α,β-unsaturated/α-hetero) is 1. The Kier molecular flexibility index (Phi) is 4.50. The summed E-state index contributed by atoms with van der Waals surface area (Å²) in [6.07, 6.45) is 0.783. The van der Waals surface area contributed by atoms with E-state index in [9.17, 15) is 9.59 Å². The monoisotopic (exact) mass is 158 g/mol. The molecule has 1 atom stereocenters. The minimum absolute atomic E-state index is 0.0972. The molecule has 0 aromatic rings. The van der Waals surface area contributed by atoms with Gasteiger partial charge in [-0.25, -0.2) is 0 Å². The van der Waals surface area contributed by atoms with E-state index in [0.717, 1.165) is 0 Å². The molecule has 0 aliphatic rings. The highest BCUT2D eigenvalue weighted by Gasteiger charge is 2.10. The number of carbonyl (C=O) groups is 2. The molecular formula is C8H14O3. The van der Waals surface area contributed by atoms with Crippen LogP contribution in [0.1, 0.15) is 26.7 Å². The van der Waals surface area contributed by atoms with Crippen molar-refractivity contribution in [1.29, 1.82) is 0 Å². The van der Waals surface area contributed by atoms with Crippen molar-refractivity contribution in [3.63, 3.8) is 0 Å². The number of hydrogen-bond donors (Lipinski definition) is 0. The molecule has 64 valence electrons. The number of ether oxygens (including phenoxy) is 1. The largest absolute Gasteiger partial charge is 0.469 e. The summed E-state index contributed by atoms with van der Waals surface area (Å²) in [6.45, 7) is 3.38. The number of esters is 1. The van der Waals surface area contributed by atoms with E-state index in [1.165, 1.54) is 14.0 Å². The van der Waals surface area contributed by atoms with Crippen molar-refractivity contribution in [2.75, 3.05) is 7.11 Å². The SMILES string of the molecule is COC(=O)CC(C)CC(C)=O. The molecule has 0 aliphatic heterocycles. The van der Waals surface area contributed by atoms with Gasteiger partial charge >= 0.3 is 5.97 Å². The first-order valence-corrected chi connectivity index (χ1v) is 3.62. The van der Waals surface area contributed by atoms with E-state index in [-0.39, 0.29) is 17.7 Å². The molecule has 0 radical (unpaired) electrons. The average Bonchev–Trinajstić information content (AvgIpc) is 1.85. The molecule has 0 spiro atoms. The molecule has 0 saturated heterocycles. The second-order valence-corrected chi connectivity index (χ2v) is 2.79. The van der Waals surface area contributed by atoms with Crippen LogP contribution in [0.15, 0.2) is 0 Å². The maximum absolute atomic E-state index is 10.7. The van der Waals surface area contributed by atoms with E-state index in [2.05, 4.69) is 4.74 Å². The van der Waals surface area contributed by atoms with Gasteiger partial charge in [-0.05, 0) is 12.8 Å². The van der Waals surface area contributed by atoms with Gasteiger partial charge in [-0.1, -0.05) is 6.92 Å². The van der Waals surface area contributed by atoms with Gasteiger partial charge in [-0.2, -0.15) is 0 Å². The number of carbonyl (C=O) groups excluding carboxylic acids is 2. The summed E-state index contributed by atoms with van der Waals surface area (Å²) in [4.78, 5) is 21.2. The molecule has 0 N–H and O–H groups in total. The molecule has 0 rings (SSSR count). The molecular weight excluding hydrogens is 144 g/mol. The lowest BCUT2D eigenvalue weighted by atomic mass is 10.0. The Hall–Kier alpha value is -0.860. The van der Waals surface area contributed by atoms with Gasteiger partial charge in [0, 0.05) is 12.8 Å². The van der Waals surface area contributed by atoms with Crippen molar-refractivity contribution in [2.45, 2.75) is 26.7 Å². The van der Waals surface area contributed by atoms with Gasteiger partial charge in [-0.15, -0.1) is 0 Å². The number of methoxy groups -OCH3 is 1. The van der Waals surface area contributed by atoms with Crippen molar-refractivity contribution in [1.82, 2.24) is 0 Å². The van der Waals surface area contributed by atoms with Crippen LogP contribution in [0.3, 0.4) is 0 Å². The third-order valence-corrected chi connectivity index (χ3v) is 1.38. The van der Waals surface area contributed by atoms with Crippen molar-refractivity contribution < 1.29 is 14.3 Å². The molecule has 0 aromatic heterocycles. The van der Waals surface area contributed by atoms with Crippen molar-refractivity contribution in [3.8, 4) is 0 Å². The predicted molar refractivity (Wildman–Crippen MR) is 41.1 cm³/mol. The zero-order valence-electron chi connectivity index (χ0n) is 7.22. The van der Waals surface area contributed by atoms with Crippen molar-refractivity contribution in [2.24, 2.45) is 5.92 Å². The van der Waals surface area contributed by atoms with Crippen LogP contribution >= 0.6 is 0 Å². The smallest absolute Gasteiger partial charge is 0.305 e. The van der Waals surface area contributed by atoms with E-state index in [1.54, 1.807) is 0 Å².